The molecule has 0 radical (unpaired) electrons. The zero-order valence-corrected chi connectivity index (χ0v) is 10.3. The van der Waals surface area contributed by atoms with Gasteiger partial charge in [0.1, 0.15) is 0 Å². The average molecular weight is 232 g/mol. The summed E-state index contributed by atoms with van der Waals surface area (Å²) in [6.07, 6.45) is 9.31. The van der Waals surface area contributed by atoms with E-state index in [-0.39, 0.29) is 0 Å². The summed E-state index contributed by atoms with van der Waals surface area (Å²) in [4.78, 5) is 13.6. The Morgan fingerprint density at radius 3 is 2.24 bits per heavy atom. The first-order valence-corrected chi connectivity index (χ1v) is 6.69. The molecule has 4 nitrogen and oxygen atoms in total. The number of anilines is 1. The maximum atomic E-state index is 4.32. The standard InChI is InChI=1S/C13H20N4/c1-2-5-12(4-1)16-8-10-17(11-9-16)13-14-6-3-7-15-13/h3,6-7,12H,1-2,4-5,8-11H2. The van der Waals surface area contributed by atoms with Crippen molar-refractivity contribution in [2.24, 2.45) is 0 Å². The fraction of sp³-hybridized carbons (Fsp3) is 0.692. The Labute approximate surface area is 103 Å². The second-order valence-electron chi connectivity index (χ2n) is 5.01. The summed E-state index contributed by atoms with van der Waals surface area (Å²) < 4.78 is 0. The Bertz CT molecular complexity index is 340. The molecule has 1 aromatic heterocycles. The Morgan fingerprint density at radius 1 is 0.941 bits per heavy atom. The highest BCUT2D eigenvalue weighted by Gasteiger charge is 2.26. The molecule has 1 saturated heterocycles. The van der Waals surface area contributed by atoms with E-state index in [0.29, 0.717) is 0 Å². The summed E-state index contributed by atoms with van der Waals surface area (Å²) in [5.74, 6) is 0.888. The van der Waals surface area contributed by atoms with Crippen molar-refractivity contribution in [1.29, 1.82) is 0 Å². The van der Waals surface area contributed by atoms with Crippen LogP contribution in [0.1, 0.15) is 25.7 Å². The molecule has 4 heteroatoms. The molecule has 0 unspecified atom stereocenters. The third-order valence-corrected chi connectivity index (χ3v) is 3.99. The van der Waals surface area contributed by atoms with E-state index < -0.39 is 0 Å². The molecule has 0 bridgehead atoms. The minimum absolute atomic E-state index is 0.855. The second kappa shape index (κ2) is 5.00. The largest absolute Gasteiger partial charge is 0.338 e. The third kappa shape index (κ3) is 2.41. The average Bonchev–Trinajstić information content (AvgIpc) is 2.94. The monoisotopic (exact) mass is 232 g/mol. The van der Waals surface area contributed by atoms with E-state index in [2.05, 4.69) is 19.8 Å². The van der Waals surface area contributed by atoms with Gasteiger partial charge in [0.2, 0.25) is 5.95 Å². The minimum atomic E-state index is 0.855. The summed E-state index contributed by atoms with van der Waals surface area (Å²) in [5, 5.41) is 0. The van der Waals surface area contributed by atoms with E-state index in [0.717, 1.165) is 25.1 Å². The SMILES string of the molecule is c1cnc(N2CCN(C3CCCC3)CC2)nc1. The van der Waals surface area contributed by atoms with Crippen LogP contribution in [0, 0.1) is 0 Å². The van der Waals surface area contributed by atoms with E-state index in [1.54, 1.807) is 0 Å². The van der Waals surface area contributed by atoms with Crippen LogP contribution >= 0.6 is 0 Å². The van der Waals surface area contributed by atoms with Crippen LogP contribution in [0.2, 0.25) is 0 Å². The maximum Gasteiger partial charge on any atom is 0.225 e. The van der Waals surface area contributed by atoms with Crippen LogP contribution < -0.4 is 4.90 Å². The predicted octanol–water partition coefficient (Wildman–Crippen LogP) is 1.54. The molecule has 92 valence electrons. The molecule has 2 heterocycles. The van der Waals surface area contributed by atoms with Gasteiger partial charge in [-0.25, -0.2) is 9.97 Å². The van der Waals surface area contributed by atoms with E-state index in [9.17, 15) is 0 Å². The zero-order chi connectivity index (χ0) is 11.5. The number of piperazine rings is 1. The van der Waals surface area contributed by atoms with Crippen LogP contribution in [0.5, 0.6) is 0 Å². The summed E-state index contributed by atoms with van der Waals surface area (Å²) in [6.45, 7) is 4.48. The maximum absolute atomic E-state index is 4.32. The highest BCUT2D eigenvalue weighted by atomic mass is 15.3. The van der Waals surface area contributed by atoms with Gasteiger partial charge in [-0.05, 0) is 18.9 Å². The molecule has 2 aliphatic rings. The van der Waals surface area contributed by atoms with Gasteiger partial charge in [0.25, 0.3) is 0 Å². The van der Waals surface area contributed by atoms with E-state index >= 15 is 0 Å². The molecule has 0 aromatic carbocycles. The van der Waals surface area contributed by atoms with Gasteiger partial charge >= 0.3 is 0 Å². The molecule has 1 aromatic rings. The van der Waals surface area contributed by atoms with Crippen molar-refractivity contribution in [3.63, 3.8) is 0 Å². The predicted molar refractivity (Wildman–Crippen MR) is 68.1 cm³/mol. The molecule has 2 fully saturated rings. The highest BCUT2D eigenvalue weighted by molar-refractivity contribution is 5.29. The van der Waals surface area contributed by atoms with Crippen LogP contribution in [0.15, 0.2) is 18.5 Å². The Balaban J connectivity index is 1.57. The van der Waals surface area contributed by atoms with Gasteiger partial charge in [-0.3, -0.25) is 4.90 Å². The zero-order valence-electron chi connectivity index (χ0n) is 10.3. The van der Waals surface area contributed by atoms with Crippen LogP contribution in [0.4, 0.5) is 5.95 Å². The molecular weight excluding hydrogens is 212 g/mol. The van der Waals surface area contributed by atoms with Gasteiger partial charge in [-0.2, -0.15) is 0 Å². The van der Waals surface area contributed by atoms with Crippen molar-refractivity contribution in [2.75, 3.05) is 31.1 Å². The fourth-order valence-electron chi connectivity index (χ4n) is 3.01. The van der Waals surface area contributed by atoms with Gasteiger partial charge in [0.05, 0.1) is 0 Å². The van der Waals surface area contributed by atoms with Crippen molar-refractivity contribution in [2.45, 2.75) is 31.7 Å². The summed E-state index contributed by atoms with van der Waals surface area (Å²) in [5.41, 5.74) is 0. The Morgan fingerprint density at radius 2 is 1.59 bits per heavy atom. The number of hydrogen-bond donors (Lipinski definition) is 0. The van der Waals surface area contributed by atoms with Gasteiger partial charge < -0.3 is 4.90 Å². The van der Waals surface area contributed by atoms with E-state index in [4.69, 9.17) is 0 Å². The third-order valence-electron chi connectivity index (χ3n) is 3.99. The molecule has 1 saturated carbocycles. The molecule has 0 amide bonds. The molecule has 1 aliphatic heterocycles. The normalized spacial score (nSPS) is 23.2. The van der Waals surface area contributed by atoms with Crippen molar-refractivity contribution in [1.82, 2.24) is 14.9 Å². The Kier molecular flexibility index (Phi) is 3.22. The highest BCUT2D eigenvalue weighted by Crippen LogP contribution is 2.24. The lowest BCUT2D eigenvalue weighted by atomic mass is 10.2. The van der Waals surface area contributed by atoms with E-state index in [1.807, 2.05) is 18.5 Å². The van der Waals surface area contributed by atoms with Gasteiger partial charge in [-0.1, -0.05) is 12.8 Å². The molecule has 3 rings (SSSR count). The van der Waals surface area contributed by atoms with Crippen LogP contribution in [-0.4, -0.2) is 47.1 Å². The summed E-state index contributed by atoms with van der Waals surface area (Å²) in [6, 6.07) is 2.73. The van der Waals surface area contributed by atoms with Gasteiger partial charge in [0.15, 0.2) is 0 Å². The quantitative estimate of drug-likeness (QED) is 0.774. The second-order valence-corrected chi connectivity index (χ2v) is 5.01. The first-order chi connectivity index (χ1) is 8.43. The van der Waals surface area contributed by atoms with Crippen molar-refractivity contribution in [3.05, 3.63) is 18.5 Å². The van der Waals surface area contributed by atoms with Gasteiger partial charge in [0, 0.05) is 44.6 Å². The molecule has 17 heavy (non-hydrogen) atoms. The molecule has 1 aliphatic carbocycles. The van der Waals surface area contributed by atoms with Crippen LogP contribution in [0.25, 0.3) is 0 Å². The van der Waals surface area contributed by atoms with Gasteiger partial charge in [-0.15, -0.1) is 0 Å². The molecular formula is C13H20N4. The lowest BCUT2D eigenvalue weighted by molar-refractivity contribution is 0.187. The van der Waals surface area contributed by atoms with Crippen LogP contribution in [0.3, 0.4) is 0 Å². The van der Waals surface area contributed by atoms with Crippen molar-refractivity contribution < 1.29 is 0 Å². The first-order valence-electron chi connectivity index (χ1n) is 6.69. The number of aromatic nitrogens is 2. The first kappa shape index (κ1) is 11.0. The molecule has 0 spiro atoms. The number of rotatable bonds is 2. The molecule has 0 N–H and O–H groups in total. The molecule has 0 atom stereocenters. The minimum Gasteiger partial charge on any atom is -0.338 e. The number of nitrogens with zero attached hydrogens (tertiary/aromatic N) is 4. The van der Waals surface area contributed by atoms with Crippen molar-refractivity contribution in [3.8, 4) is 0 Å². The lowest BCUT2D eigenvalue weighted by Gasteiger charge is -2.37. The Hall–Kier alpha value is -1.16. The summed E-state index contributed by atoms with van der Waals surface area (Å²) in [7, 11) is 0. The smallest absolute Gasteiger partial charge is 0.225 e. The van der Waals surface area contributed by atoms with Crippen LogP contribution in [-0.2, 0) is 0 Å². The summed E-state index contributed by atoms with van der Waals surface area (Å²) >= 11 is 0. The number of hydrogen-bond acceptors (Lipinski definition) is 4. The van der Waals surface area contributed by atoms with Crippen molar-refractivity contribution >= 4 is 5.95 Å². The topological polar surface area (TPSA) is 32.3 Å². The fourth-order valence-corrected chi connectivity index (χ4v) is 3.01. The lowest BCUT2D eigenvalue weighted by Crippen LogP contribution is -2.50. The van der Waals surface area contributed by atoms with E-state index in [1.165, 1.54) is 38.8 Å².